The highest BCUT2D eigenvalue weighted by Crippen LogP contribution is 2.37. The number of thiophene rings is 1. The number of ketones is 1. The maximum Gasteiger partial charge on any atom is 0.196 e. The van der Waals surface area contributed by atoms with Gasteiger partial charge in [0.25, 0.3) is 0 Å². The Hall–Kier alpha value is -1.61. The molecule has 3 heteroatoms. The van der Waals surface area contributed by atoms with E-state index in [1.165, 1.54) is 67.4 Å². The lowest BCUT2D eigenvalue weighted by Gasteiger charge is -2.22. The summed E-state index contributed by atoms with van der Waals surface area (Å²) in [5.41, 5.74) is 10.5. The highest BCUT2D eigenvalue weighted by molar-refractivity contribution is 7.16. The third-order valence-corrected chi connectivity index (χ3v) is 7.05. The van der Waals surface area contributed by atoms with Gasteiger partial charge in [-0.25, -0.2) is 0 Å². The predicted octanol–water partition coefficient (Wildman–Crippen LogP) is 5.88. The Morgan fingerprint density at radius 1 is 0.920 bits per heavy atom. The van der Waals surface area contributed by atoms with Gasteiger partial charge in [-0.1, -0.05) is 49.9 Å². The second kappa shape index (κ2) is 7.33. The van der Waals surface area contributed by atoms with Crippen molar-refractivity contribution in [3.05, 3.63) is 51.4 Å². The van der Waals surface area contributed by atoms with E-state index in [2.05, 4.69) is 12.1 Å². The van der Waals surface area contributed by atoms with Crippen molar-refractivity contribution < 1.29 is 4.79 Å². The molecule has 132 valence electrons. The molecule has 0 radical (unpaired) electrons. The summed E-state index contributed by atoms with van der Waals surface area (Å²) in [6.07, 6.45) is 12.4. The number of nitrogens with two attached hydrogens (primary N) is 1. The fraction of sp³-hybridized carbons (Fsp3) is 0.500. The van der Waals surface area contributed by atoms with Crippen LogP contribution in [0.2, 0.25) is 0 Å². The van der Waals surface area contributed by atoms with Crippen molar-refractivity contribution in [2.24, 2.45) is 0 Å². The molecule has 0 amide bonds. The third kappa shape index (κ3) is 3.39. The van der Waals surface area contributed by atoms with Crippen molar-refractivity contribution >= 4 is 22.1 Å². The van der Waals surface area contributed by atoms with E-state index < -0.39 is 0 Å². The molecule has 0 unspecified atom stereocenters. The average molecular weight is 354 g/mol. The second-order valence-electron chi connectivity index (χ2n) is 7.59. The normalized spacial score (nSPS) is 18.6. The number of anilines is 1. The summed E-state index contributed by atoms with van der Waals surface area (Å²) in [7, 11) is 0. The van der Waals surface area contributed by atoms with Crippen LogP contribution in [0.15, 0.2) is 24.3 Å². The topological polar surface area (TPSA) is 43.1 Å². The van der Waals surface area contributed by atoms with E-state index >= 15 is 0 Å². The van der Waals surface area contributed by atoms with Gasteiger partial charge in [-0.3, -0.25) is 4.79 Å². The van der Waals surface area contributed by atoms with Crippen LogP contribution >= 0.6 is 11.3 Å². The van der Waals surface area contributed by atoms with Gasteiger partial charge in [0.15, 0.2) is 5.78 Å². The van der Waals surface area contributed by atoms with Gasteiger partial charge in [-0.05, 0) is 55.6 Å². The molecule has 1 aromatic carbocycles. The highest BCUT2D eigenvalue weighted by atomic mass is 32.1. The van der Waals surface area contributed by atoms with Gasteiger partial charge in [0, 0.05) is 10.4 Å². The molecule has 2 aromatic rings. The van der Waals surface area contributed by atoms with E-state index in [1.807, 2.05) is 12.1 Å². The minimum Gasteiger partial charge on any atom is -0.390 e. The number of hydrogen-bond acceptors (Lipinski definition) is 3. The van der Waals surface area contributed by atoms with E-state index in [0.717, 1.165) is 24.0 Å². The summed E-state index contributed by atoms with van der Waals surface area (Å²) < 4.78 is 0. The molecule has 2 N–H and O–H groups in total. The lowest BCUT2D eigenvalue weighted by Crippen LogP contribution is -2.08. The quantitative estimate of drug-likeness (QED) is 0.553. The van der Waals surface area contributed by atoms with Crippen LogP contribution in [0.4, 0.5) is 5.00 Å². The summed E-state index contributed by atoms with van der Waals surface area (Å²) in [5, 5.41) is 0.716. The van der Waals surface area contributed by atoms with Gasteiger partial charge in [0.1, 0.15) is 0 Å². The van der Waals surface area contributed by atoms with Gasteiger partial charge >= 0.3 is 0 Å². The minimum absolute atomic E-state index is 0.118. The zero-order valence-corrected chi connectivity index (χ0v) is 15.7. The Morgan fingerprint density at radius 3 is 2.36 bits per heavy atom. The van der Waals surface area contributed by atoms with Crippen LogP contribution in [0.5, 0.6) is 0 Å². The van der Waals surface area contributed by atoms with Crippen molar-refractivity contribution in [1.82, 2.24) is 0 Å². The molecule has 1 heterocycles. The molecule has 2 nitrogen and oxygen atoms in total. The Kier molecular flexibility index (Phi) is 4.93. The van der Waals surface area contributed by atoms with E-state index in [0.29, 0.717) is 10.9 Å². The number of benzene rings is 1. The second-order valence-corrected chi connectivity index (χ2v) is 8.73. The molecule has 0 bridgehead atoms. The number of fused-ring (bicyclic) bond motifs is 1. The van der Waals surface area contributed by atoms with Crippen LogP contribution in [0.1, 0.15) is 89.2 Å². The third-order valence-electron chi connectivity index (χ3n) is 5.93. The molecular weight excluding hydrogens is 326 g/mol. The molecule has 2 aliphatic rings. The standard InChI is InChI=1S/C22H27NOS/c23-22-20(18-9-5-2-6-10-19(18)25-22)21(24)17-13-11-16(12-14-17)15-7-3-1-4-8-15/h11-15H,1-10,23H2. The Bertz CT molecular complexity index is 753. The first-order chi connectivity index (χ1) is 12.2. The Balaban J connectivity index is 1.60. The maximum absolute atomic E-state index is 13.1. The number of hydrogen-bond donors (Lipinski definition) is 1. The molecule has 1 aromatic heterocycles. The molecule has 0 atom stereocenters. The van der Waals surface area contributed by atoms with Gasteiger partial charge < -0.3 is 5.73 Å². The minimum atomic E-state index is 0.118. The molecule has 25 heavy (non-hydrogen) atoms. The van der Waals surface area contributed by atoms with Crippen molar-refractivity contribution in [2.45, 2.75) is 70.1 Å². The number of nitrogen functional groups attached to an aromatic ring is 1. The molecule has 0 spiro atoms. The average Bonchev–Trinajstić information content (AvgIpc) is 2.81. The summed E-state index contributed by atoms with van der Waals surface area (Å²) >= 11 is 1.64. The van der Waals surface area contributed by atoms with Crippen molar-refractivity contribution in [1.29, 1.82) is 0 Å². The van der Waals surface area contributed by atoms with Crippen molar-refractivity contribution in [3.63, 3.8) is 0 Å². The van der Waals surface area contributed by atoms with Crippen LogP contribution in [-0.4, -0.2) is 5.78 Å². The zero-order valence-electron chi connectivity index (χ0n) is 14.9. The van der Waals surface area contributed by atoms with E-state index in [-0.39, 0.29) is 5.78 Å². The number of carbonyl (C=O) groups excluding carboxylic acids is 1. The van der Waals surface area contributed by atoms with Crippen LogP contribution in [0, 0.1) is 0 Å². The smallest absolute Gasteiger partial charge is 0.196 e. The number of aryl methyl sites for hydroxylation is 1. The first kappa shape index (κ1) is 16.8. The lowest BCUT2D eigenvalue weighted by atomic mass is 9.83. The molecule has 2 aliphatic carbocycles. The molecule has 0 saturated heterocycles. The van der Waals surface area contributed by atoms with E-state index in [9.17, 15) is 4.79 Å². The number of rotatable bonds is 3. The van der Waals surface area contributed by atoms with E-state index in [4.69, 9.17) is 5.73 Å². The molecule has 4 rings (SSSR count). The van der Waals surface area contributed by atoms with Crippen LogP contribution in [0.25, 0.3) is 0 Å². The van der Waals surface area contributed by atoms with Crippen LogP contribution in [0.3, 0.4) is 0 Å². The van der Waals surface area contributed by atoms with Crippen molar-refractivity contribution in [3.8, 4) is 0 Å². The highest BCUT2D eigenvalue weighted by Gasteiger charge is 2.24. The Morgan fingerprint density at radius 2 is 1.60 bits per heavy atom. The van der Waals surface area contributed by atoms with Crippen LogP contribution in [-0.2, 0) is 12.8 Å². The summed E-state index contributed by atoms with van der Waals surface area (Å²) in [4.78, 5) is 14.5. The SMILES string of the molecule is Nc1sc2c(c1C(=O)c1ccc(C3CCCCC3)cc1)CCCCC2. The predicted molar refractivity (Wildman–Crippen MR) is 106 cm³/mol. The first-order valence-electron chi connectivity index (χ1n) is 9.78. The largest absolute Gasteiger partial charge is 0.390 e. The fourth-order valence-corrected chi connectivity index (χ4v) is 5.66. The first-order valence-corrected chi connectivity index (χ1v) is 10.6. The monoisotopic (exact) mass is 353 g/mol. The van der Waals surface area contributed by atoms with Crippen LogP contribution < -0.4 is 5.73 Å². The lowest BCUT2D eigenvalue weighted by molar-refractivity contribution is 0.103. The van der Waals surface area contributed by atoms with Gasteiger partial charge in [-0.2, -0.15) is 0 Å². The molecule has 1 saturated carbocycles. The van der Waals surface area contributed by atoms with Crippen molar-refractivity contribution in [2.75, 3.05) is 5.73 Å². The number of carbonyl (C=O) groups is 1. The zero-order chi connectivity index (χ0) is 17.2. The fourth-order valence-electron chi connectivity index (χ4n) is 4.50. The summed E-state index contributed by atoms with van der Waals surface area (Å²) in [6.45, 7) is 0. The molecule has 0 aliphatic heterocycles. The Labute approximate surface area is 154 Å². The molecular formula is C22H27NOS. The van der Waals surface area contributed by atoms with E-state index in [1.54, 1.807) is 11.3 Å². The summed E-state index contributed by atoms with van der Waals surface area (Å²) in [5.74, 6) is 0.799. The van der Waals surface area contributed by atoms with Gasteiger partial charge in [-0.15, -0.1) is 11.3 Å². The summed E-state index contributed by atoms with van der Waals surface area (Å²) in [6, 6.07) is 8.38. The molecule has 1 fully saturated rings. The maximum atomic E-state index is 13.1. The van der Waals surface area contributed by atoms with Gasteiger partial charge in [0.2, 0.25) is 0 Å². The van der Waals surface area contributed by atoms with Gasteiger partial charge in [0.05, 0.1) is 10.6 Å².